The summed E-state index contributed by atoms with van der Waals surface area (Å²) in [5, 5.41) is 2.42. The third kappa shape index (κ3) is 3.74. The molecule has 12 rings (SSSR count). The molecule has 0 spiro atoms. The largest absolute Gasteiger partial charge is 0.309 e. The first-order chi connectivity index (χ1) is 26.8. The predicted molar refractivity (Wildman–Crippen MR) is 221 cm³/mol. The van der Waals surface area contributed by atoms with Gasteiger partial charge in [-0.25, -0.2) is 4.98 Å². The van der Waals surface area contributed by atoms with Crippen molar-refractivity contribution in [1.82, 2.24) is 18.5 Å². The number of hydrogen-bond acceptors (Lipinski definition) is 1. The van der Waals surface area contributed by atoms with E-state index >= 15 is 0 Å². The van der Waals surface area contributed by atoms with Gasteiger partial charge in [-0.2, -0.15) is 0 Å². The van der Waals surface area contributed by atoms with E-state index in [1.807, 2.05) is 0 Å². The Kier molecular flexibility index (Phi) is 5.95. The lowest BCUT2D eigenvalue weighted by molar-refractivity contribution is 0.768. The molecule has 1 aliphatic rings. The van der Waals surface area contributed by atoms with Gasteiger partial charge in [-0.3, -0.25) is 8.97 Å². The van der Waals surface area contributed by atoms with Gasteiger partial charge in [-0.15, -0.1) is 0 Å². The molecule has 11 aromatic rings. The lowest BCUT2D eigenvalue weighted by atomic mass is 9.68. The van der Waals surface area contributed by atoms with Crippen LogP contribution in [0.5, 0.6) is 0 Å². The van der Waals surface area contributed by atoms with E-state index < -0.39 is 5.41 Å². The van der Waals surface area contributed by atoms with Gasteiger partial charge in [0.2, 0.25) is 5.78 Å². The molecule has 0 atom stereocenters. The smallest absolute Gasteiger partial charge is 0.220 e. The van der Waals surface area contributed by atoms with Crippen molar-refractivity contribution in [3.05, 3.63) is 216 Å². The second kappa shape index (κ2) is 10.9. The molecule has 0 aliphatic heterocycles. The molecule has 4 heteroatoms. The molecule has 0 amide bonds. The fraction of sp³-hybridized carbons (Fsp3) is 0.0200. The Morgan fingerprint density at radius 2 is 1.02 bits per heavy atom. The average Bonchev–Trinajstić information content (AvgIpc) is 3.96. The predicted octanol–water partition coefficient (Wildman–Crippen LogP) is 11.9. The number of benzene rings is 8. The highest BCUT2D eigenvalue weighted by Gasteiger charge is 2.47. The summed E-state index contributed by atoms with van der Waals surface area (Å²) in [5.74, 6) is 0.913. The second-order valence-corrected chi connectivity index (χ2v) is 14.3. The van der Waals surface area contributed by atoms with Crippen LogP contribution in [0, 0.1) is 0 Å². The number of hydrogen-bond donors (Lipinski definition) is 0. The lowest BCUT2D eigenvalue weighted by Gasteiger charge is -2.34. The molecular formula is C50H32N4. The SMILES string of the molecule is c1ccc(C2(c3ccccc3)c3ccccc3-c3c(-n4c5ccccc5c5cc(-n6c7ccccc7n7c8ccccc8nc67)ccc54)cccc32)cc1. The molecule has 0 radical (unpaired) electrons. The third-order valence-corrected chi connectivity index (χ3v) is 11.7. The number of fused-ring (bicyclic) bond motifs is 11. The van der Waals surface area contributed by atoms with Crippen molar-refractivity contribution in [1.29, 1.82) is 0 Å². The zero-order chi connectivity index (χ0) is 35.4. The second-order valence-electron chi connectivity index (χ2n) is 14.3. The maximum absolute atomic E-state index is 5.17. The lowest BCUT2D eigenvalue weighted by Crippen LogP contribution is -2.28. The van der Waals surface area contributed by atoms with Crippen LogP contribution in [-0.2, 0) is 5.41 Å². The van der Waals surface area contributed by atoms with E-state index in [0.717, 1.165) is 33.5 Å². The first-order valence-corrected chi connectivity index (χ1v) is 18.6. The number of aromatic nitrogens is 4. The topological polar surface area (TPSA) is 27.2 Å². The van der Waals surface area contributed by atoms with Gasteiger partial charge in [-0.1, -0.05) is 140 Å². The Morgan fingerprint density at radius 3 is 1.81 bits per heavy atom. The van der Waals surface area contributed by atoms with Crippen LogP contribution in [0.25, 0.3) is 72.2 Å². The van der Waals surface area contributed by atoms with Crippen molar-refractivity contribution in [3.8, 4) is 22.5 Å². The Morgan fingerprint density at radius 1 is 0.407 bits per heavy atom. The Hall–Kier alpha value is -7.17. The van der Waals surface area contributed by atoms with Crippen molar-refractivity contribution in [2.75, 3.05) is 0 Å². The van der Waals surface area contributed by atoms with Gasteiger partial charge in [0.25, 0.3) is 0 Å². The van der Waals surface area contributed by atoms with E-state index in [0.29, 0.717) is 0 Å². The molecule has 0 unspecified atom stereocenters. The minimum Gasteiger partial charge on any atom is -0.309 e. The molecule has 54 heavy (non-hydrogen) atoms. The summed E-state index contributed by atoms with van der Waals surface area (Å²) in [6.07, 6.45) is 0. The van der Waals surface area contributed by atoms with Gasteiger partial charge in [0.1, 0.15) is 0 Å². The fourth-order valence-electron chi connectivity index (χ4n) is 9.63. The summed E-state index contributed by atoms with van der Waals surface area (Å²) >= 11 is 0. The maximum atomic E-state index is 5.17. The molecule has 252 valence electrons. The fourth-order valence-corrected chi connectivity index (χ4v) is 9.63. The van der Waals surface area contributed by atoms with Crippen LogP contribution in [0.15, 0.2) is 194 Å². The van der Waals surface area contributed by atoms with Crippen LogP contribution in [0.3, 0.4) is 0 Å². The van der Waals surface area contributed by atoms with E-state index in [9.17, 15) is 0 Å². The number of nitrogens with zero attached hydrogens (tertiary/aromatic N) is 4. The van der Waals surface area contributed by atoms with Crippen LogP contribution in [0.1, 0.15) is 22.3 Å². The van der Waals surface area contributed by atoms with Crippen LogP contribution in [0.4, 0.5) is 0 Å². The quantitative estimate of drug-likeness (QED) is 0.181. The highest BCUT2D eigenvalue weighted by atomic mass is 15.2. The molecule has 0 bridgehead atoms. The van der Waals surface area contributed by atoms with Crippen LogP contribution >= 0.6 is 0 Å². The Balaban J connectivity index is 1.16. The van der Waals surface area contributed by atoms with Crippen molar-refractivity contribution in [2.24, 2.45) is 0 Å². The van der Waals surface area contributed by atoms with E-state index in [-0.39, 0.29) is 0 Å². The monoisotopic (exact) mass is 688 g/mol. The molecule has 0 fully saturated rings. The van der Waals surface area contributed by atoms with Crippen molar-refractivity contribution < 1.29 is 0 Å². The number of rotatable bonds is 4. The maximum Gasteiger partial charge on any atom is 0.220 e. The van der Waals surface area contributed by atoms with Crippen LogP contribution in [0.2, 0.25) is 0 Å². The van der Waals surface area contributed by atoms with Gasteiger partial charge >= 0.3 is 0 Å². The number of para-hydroxylation sites is 5. The van der Waals surface area contributed by atoms with Crippen molar-refractivity contribution in [3.63, 3.8) is 0 Å². The molecule has 0 N–H and O–H groups in total. The molecule has 3 aromatic heterocycles. The molecule has 0 saturated heterocycles. The van der Waals surface area contributed by atoms with Gasteiger partial charge in [-0.05, 0) is 82.4 Å². The molecular weight excluding hydrogens is 657 g/mol. The Labute approximate surface area is 311 Å². The Bertz CT molecular complexity index is 3230. The third-order valence-electron chi connectivity index (χ3n) is 11.7. The summed E-state index contributed by atoms with van der Waals surface area (Å²) < 4.78 is 7.09. The molecule has 8 aromatic carbocycles. The summed E-state index contributed by atoms with van der Waals surface area (Å²) in [6.45, 7) is 0. The standard InChI is InChI=1S/C50H32N4/c1-3-16-33(17-4-1)50(34-18-5-2-6-19-34)39-22-9-7-21-37(39)48-40(50)23-15-29-47(48)53-42-25-11-8-20-36(42)38-32-35(30-31-43(38)53)52-45-27-13-14-28-46(45)54-44-26-12-10-24-41(44)51-49(52)54/h1-32H. The van der Waals surface area contributed by atoms with Gasteiger partial charge in [0, 0.05) is 22.0 Å². The van der Waals surface area contributed by atoms with E-state index in [1.54, 1.807) is 0 Å². The molecule has 1 aliphatic carbocycles. The van der Waals surface area contributed by atoms with Crippen molar-refractivity contribution >= 4 is 49.7 Å². The summed E-state index contributed by atoms with van der Waals surface area (Å²) in [6, 6.07) is 70.8. The minimum absolute atomic E-state index is 0.467. The van der Waals surface area contributed by atoms with E-state index in [4.69, 9.17) is 4.98 Å². The molecule has 0 saturated carbocycles. The summed E-state index contributed by atoms with van der Waals surface area (Å²) in [5.41, 5.74) is 16.2. The first-order valence-electron chi connectivity index (χ1n) is 18.6. The highest BCUT2D eigenvalue weighted by Crippen LogP contribution is 2.58. The zero-order valence-electron chi connectivity index (χ0n) is 29.3. The summed E-state index contributed by atoms with van der Waals surface area (Å²) in [7, 11) is 0. The van der Waals surface area contributed by atoms with Crippen LogP contribution < -0.4 is 0 Å². The summed E-state index contributed by atoms with van der Waals surface area (Å²) in [4.78, 5) is 5.17. The first kappa shape index (κ1) is 29.4. The highest BCUT2D eigenvalue weighted by molar-refractivity contribution is 6.11. The normalized spacial score (nSPS) is 13.3. The average molecular weight is 689 g/mol. The molecule has 3 heterocycles. The molecule has 4 nitrogen and oxygen atoms in total. The van der Waals surface area contributed by atoms with Gasteiger partial charge in [0.15, 0.2) is 0 Å². The van der Waals surface area contributed by atoms with Gasteiger partial charge in [0.05, 0.1) is 44.2 Å². The van der Waals surface area contributed by atoms with Crippen LogP contribution in [-0.4, -0.2) is 18.5 Å². The van der Waals surface area contributed by atoms with Crippen molar-refractivity contribution in [2.45, 2.75) is 5.41 Å². The number of imidazole rings is 2. The van der Waals surface area contributed by atoms with E-state index in [1.165, 1.54) is 60.9 Å². The zero-order valence-corrected chi connectivity index (χ0v) is 29.3. The van der Waals surface area contributed by atoms with Gasteiger partial charge < -0.3 is 4.57 Å². The van der Waals surface area contributed by atoms with E-state index in [2.05, 4.69) is 208 Å². The minimum atomic E-state index is -0.467.